The number of carbonyl (C=O) groups excluding carboxylic acids is 2. The van der Waals surface area contributed by atoms with Crippen molar-refractivity contribution in [3.63, 3.8) is 0 Å². The van der Waals surface area contributed by atoms with Gasteiger partial charge in [0.05, 0.1) is 19.2 Å². The smallest absolute Gasteiger partial charge is 0.341 e. The molecule has 0 aliphatic heterocycles. The molecule has 6 heteroatoms. The van der Waals surface area contributed by atoms with Crippen molar-refractivity contribution in [2.45, 2.75) is 32.1 Å². The molecule has 0 saturated heterocycles. The van der Waals surface area contributed by atoms with Crippen LogP contribution in [-0.2, 0) is 22.4 Å². The average Bonchev–Trinajstić information content (AvgIpc) is 2.59. The van der Waals surface area contributed by atoms with Gasteiger partial charge in [-0.1, -0.05) is 6.42 Å². The van der Waals surface area contributed by atoms with Crippen LogP contribution in [0.1, 0.15) is 40.1 Å². The van der Waals surface area contributed by atoms with Crippen LogP contribution in [0.4, 0.5) is 5.00 Å². The van der Waals surface area contributed by atoms with E-state index < -0.39 is 0 Å². The topological polar surface area (TPSA) is 81.4 Å². The molecule has 0 radical (unpaired) electrons. The van der Waals surface area contributed by atoms with Crippen LogP contribution in [-0.4, -0.2) is 25.5 Å². The number of thiophene rings is 1. The van der Waals surface area contributed by atoms with E-state index >= 15 is 0 Å². The second-order valence-corrected chi connectivity index (χ2v) is 5.62. The number of hydrogen-bond acceptors (Lipinski definition) is 5. The predicted molar refractivity (Wildman–Crippen MR) is 74.6 cm³/mol. The number of hydrogen-bond donors (Lipinski definition) is 2. The third-order valence-electron chi connectivity index (χ3n) is 3.25. The third-order valence-corrected chi connectivity index (χ3v) is 4.46. The molecule has 0 saturated carbocycles. The molecule has 0 atom stereocenters. The molecule has 2 rings (SSSR count). The van der Waals surface area contributed by atoms with Crippen molar-refractivity contribution in [1.82, 2.24) is 0 Å². The molecule has 3 N–H and O–H groups in total. The summed E-state index contributed by atoms with van der Waals surface area (Å²) in [5.41, 5.74) is 6.87. The molecule has 1 aliphatic carbocycles. The van der Waals surface area contributed by atoms with E-state index in [9.17, 15) is 9.59 Å². The fourth-order valence-corrected chi connectivity index (χ4v) is 3.62. The first-order valence-electron chi connectivity index (χ1n) is 6.40. The minimum absolute atomic E-state index is 0.0941. The Hall–Kier alpha value is -1.40. The Balaban J connectivity index is 2.41. The summed E-state index contributed by atoms with van der Waals surface area (Å²) in [5.74, 6) is -0.673. The molecule has 1 aromatic rings. The number of methoxy groups -OCH3 is 1. The fraction of sp³-hybridized carbons (Fsp3) is 0.538. The van der Waals surface area contributed by atoms with E-state index in [0.717, 1.165) is 31.2 Å². The number of aryl methyl sites for hydroxylation is 1. The monoisotopic (exact) mass is 282 g/mol. The zero-order valence-electron chi connectivity index (χ0n) is 11.0. The van der Waals surface area contributed by atoms with E-state index in [1.165, 1.54) is 29.7 Å². The first-order chi connectivity index (χ1) is 9.17. The number of rotatable bonds is 3. The molecule has 1 aromatic heterocycles. The van der Waals surface area contributed by atoms with Crippen LogP contribution < -0.4 is 11.1 Å². The summed E-state index contributed by atoms with van der Waals surface area (Å²) in [7, 11) is 1.36. The lowest BCUT2D eigenvalue weighted by Crippen LogP contribution is -2.22. The highest BCUT2D eigenvalue weighted by Crippen LogP contribution is 2.37. The second-order valence-electron chi connectivity index (χ2n) is 4.51. The normalized spacial score (nSPS) is 14.4. The zero-order valence-corrected chi connectivity index (χ0v) is 11.8. The standard InChI is InChI=1S/C13H18N2O3S/c1-18-13(17)11-8-5-3-2-4-6-9(8)19-12(11)15-10(16)7-14/h2-7,14H2,1H3,(H,15,16). The molecule has 0 unspecified atom stereocenters. The molecular formula is C13H18N2O3S. The molecule has 19 heavy (non-hydrogen) atoms. The van der Waals surface area contributed by atoms with E-state index in [0.29, 0.717) is 10.6 Å². The van der Waals surface area contributed by atoms with Gasteiger partial charge in [-0.3, -0.25) is 4.79 Å². The highest BCUT2D eigenvalue weighted by molar-refractivity contribution is 7.17. The number of nitrogens with two attached hydrogens (primary N) is 1. The summed E-state index contributed by atoms with van der Waals surface area (Å²) in [4.78, 5) is 24.6. The van der Waals surface area contributed by atoms with E-state index in [-0.39, 0.29) is 18.4 Å². The number of ether oxygens (including phenoxy) is 1. The molecule has 0 aromatic carbocycles. The number of carbonyl (C=O) groups is 2. The molecule has 1 amide bonds. The largest absolute Gasteiger partial charge is 0.465 e. The van der Waals surface area contributed by atoms with Crippen LogP contribution in [0, 0.1) is 0 Å². The van der Waals surface area contributed by atoms with Crippen molar-refractivity contribution in [2.24, 2.45) is 5.73 Å². The van der Waals surface area contributed by atoms with Crippen molar-refractivity contribution >= 4 is 28.2 Å². The lowest BCUT2D eigenvalue weighted by Gasteiger charge is -2.06. The number of amides is 1. The van der Waals surface area contributed by atoms with Crippen LogP contribution in [0.25, 0.3) is 0 Å². The molecule has 1 aliphatic rings. The SMILES string of the molecule is COC(=O)c1c(NC(=O)CN)sc2c1CCCCC2. The van der Waals surface area contributed by atoms with Crippen LogP contribution in [0.5, 0.6) is 0 Å². The highest BCUT2D eigenvalue weighted by Gasteiger charge is 2.25. The molecule has 0 bridgehead atoms. The van der Waals surface area contributed by atoms with Crippen molar-refractivity contribution in [1.29, 1.82) is 0 Å². The van der Waals surface area contributed by atoms with Gasteiger partial charge in [0.2, 0.25) is 5.91 Å². The lowest BCUT2D eigenvalue weighted by molar-refractivity contribution is -0.114. The van der Waals surface area contributed by atoms with Crippen LogP contribution >= 0.6 is 11.3 Å². The van der Waals surface area contributed by atoms with Gasteiger partial charge in [0, 0.05) is 4.88 Å². The number of nitrogens with one attached hydrogen (secondary N) is 1. The van der Waals surface area contributed by atoms with Gasteiger partial charge in [-0.05, 0) is 31.2 Å². The number of esters is 1. The Labute approximate surface area is 116 Å². The molecule has 5 nitrogen and oxygen atoms in total. The van der Waals surface area contributed by atoms with Crippen molar-refractivity contribution in [3.05, 3.63) is 16.0 Å². The molecule has 0 fully saturated rings. The van der Waals surface area contributed by atoms with Gasteiger partial charge in [0.15, 0.2) is 0 Å². The summed E-state index contributed by atoms with van der Waals surface area (Å²) in [6.07, 6.45) is 5.19. The van der Waals surface area contributed by atoms with Crippen molar-refractivity contribution in [3.8, 4) is 0 Å². The summed E-state index contributed by atoms with van der Waals surface area (Å²) < 4.78 is 4.84. The van der Waals surface area contributed by atoms with Gasteiger partial charge < -0.3 is 15.8 Å². The van der Waals surface area contributed by atoms with Gasteiger partial charge in [0.25, 0.3) is 0 Å². The van der Waals surface area contributed by atoms with Crippen molar-refractivity contribution in [2.75, 3.05) is 19.0 Å². The van der Waals surface area contributed by atoms with Gasteiger partial charge in [-0.25, -0.2) is 4.79 Å². The van der Waals surface area contributed by atoms with Gasteiger partial charge >= 0.3 is 5.97 Å². The van der Waals surface area contributed by atoms with Gasteiger partial charge in [-0.2, -0.15) is 0 Å². The average molecular weight is 282 g/mol. The van der Waals surface area contributed by atoms with Crippen LogP contribution in [0.2, 0.25) is 0 Å². The molecule has 0 spiro atoms. The summed E-state index contributed by atoms with van der Waals surface area (Å²) in [6, 6.07) is 0. The first kappa shape index (κ1) is 14.0. The Bertz CT molecular complexity index is 496. The fourth-order valence-electron chi connectivity index (χ4n) is 2.33. The second kappa shape index (κ2) is 6.16. The van der Waals surface area contributed by atoms with E-state index in [4.69, 9.17) is 10.5 Å². The number of anilines is 1. The Kier molecular flexibility index (Phi) is 4.55. The highest BCUT2D eigenvalue weighted by atomic mass is 32.1. The lowest BCUT2D eigenvalue weighted by atomic mass is 10.1. The van der Waals surface area contributed by atoms with E-state index in [1.54, 1.807) is 0 Å². The molecular weight excluding hydrogens is 264 g/mol. The molecule has 104 valence electrons. The Morgan fingerprint density at radius 3 is 2.74 bits per heavy atom. The van der Waals surface area contributed by atoms with Crippen molar-refractivity contribution < 1.29 is 14.3 Å². The van der Waals surface area contributed by atoms with Crippen LogP contribution in [0.15, 0.2) is 0 Å². The quantitative estimate of drug-likeness (QED) is 0.653. The summed E-state index contributed by atoms with van der Waals surface area (Å²) in [6.45, 7) is -0.0941. The number of fused-ring (bicyclic) bond motifs is 1. The minimum Gasteiger partial charge on any atom is -0.465 e. The minimum atomic E-state index is -0.383. The predicted octanol–water partition coefficient (Wildman–Crippen LogP) is 1.70. The maximum absolute atomic E-state index is 12.0. The maximum atomic E-state index is 12.0. The van der Waals surface area contributed by atoms with E-state index in [1.807, 2.05) is 0 Å². The summed E-state index contributed by atoms with van der Waals surface area (Å²) in [5, 5.41) is 3.28. The van der Waals surface area contributed by atoms with Gasteiger partial charge in [-0.15, -0.1) is 11.3 Å². The van der Waals surface area contributed by atoms with Crippen LogP contribution in [0.3, 0.4) is 0 Å². The zero-order chi connectivity index (χ0) is 13.8. The van der Waals surface area contributed by atoms with E-state index in [2.05, 4.69) is 5.32 Å². The Morgan fingerprint density at radius 2 is 2.05 bits per heavy atom. The van der Waals surface area contributed by atoms with Gasteiger partial charge in [0.1, 0.15) is 5.00 Å². The summed E-state index contributed by atoms with van der Waals surface area (Å²) >= 11 is 1.47. The first-order valence-corrected chi connectivity index (χ1v) is 7.21. The Morgan fingerprint density at radius 1 is 1.32 bits per heavy atom. The molecule has 1 heterocycles. The maximum Gasteiger partial charge on any atom is 0.341 e. The third kappa shape index (κ3) is 2.96.